The van der Waals surface area contributed by atoms with Crippen LogP contribution < -0.4 is 0 Å². The van der Waals surface area contributed by atoms with Gasteiger partial charge in [-0.1, -0.05) is 35.9 Å². The number of hydrogen-bond acceptors (Lipinski definition) is 4. The maximum atomic E-state index is 13.6. The highest BCUT2D eigenvalue weighted by Crippen LogP contribution is 2.32. The fourth-order valence-electron chi connectivity index (χ4n) is 4.42. The van der Waals surface area contributed by atoms with E-state index in [2.05, 4.69) is 14.8 Å². The minimum absolute atomic E-state index is 0.0146. The molecule has 7 heteroatoms. The fourth-order valence-corrected chi connectivity index (χ4v) is 4.54. The van der Waals surface area contributed by atoms with Gasteiger partial charge < -0.3 is 4.90 Å². The summed E-state index contributed by atoms with van der Waals surface area (Å²) in [5, 5.41) is 0.675. The molecule has 3 aliphatic rings. The summed E-state index contributed by atoms with van der Waals surface area (Å²) in [5.74, 6) is 0.540. The van der Waals surface area contributed by atoms with E-state index in [1.807, 2.05) is 30.3 Å². The van der Waals surface area contributed by atoms with Gasteiger partial charge in [-0.2, -0.15) is 0 Å². The Morgan fingerprint density at radius 1 is 1.03 bits per heavy atom. The third kappa shape index (κ3) is 3.61. The molecule has 154 valence electrons. The van der Waals surface area contributed by atoms with E-state index in [9.17, 15) is 9.18 Å². The molecule has 0 fully saturated rings. The Balaban J connectivity index is 1.39. The summed E-state index contributed by atoms with van der Waals surface area (Å²) in [4.78, 5) is 24.3. The first-order valence-corrected chi connectivity index (χ1v) is 10.5. The molecule has 5 rings (SSSR count). The third-order valence-electron chi connectivity index (χ3n) is 5.83. The van der Waals surface area contributed by atoms with E-state index >= 15 is 0 Å². The molecule has 0 aromatic heterocycles. The van der Waals surface area contributed by atoms with Crippen LogP contribution in [0, 0.1) is 5.82 Å². The number of hydrogen-bond donors (Lipinski definition) is 0. The Hall–Kier alpha value is -2.70. The lowest BCUT2D eigenvalue weighted by Gasteiger charge is -2.42. The Bertz CT molecular complexity index is 1050. The summed E-state index contributed by atoms with van der Waals surface area (Å²) in [5.41, 5.74) is 3.86. The lowest BCUT2D eigenvalue weighted by atomic mass is 10.00. The molecule has 0 atom stereocenters. The van der Waals surface area contributed by atoms with Crippen molar-refractivity contribution in [3.05, 3.63) is 81.8 Å². The molecule has 5 nitrogen and oxygen atoms in total. The number of guanidine groups is 1. The van der Waals surface area contributed by atoms with Crippen molar-refractivity contribution in [1.82, 2.24) is 14.7 Å². The number of fused-ring (bicyclic) bond motifs is 2. The van der Waals surface area contributed by atoms with Crippen molar-refractivity contribution in [2.24, 2.45) is 4.99 Å². The zero-order valence-electron chi connectivity index (χ0n) is 16.5. The van der Waals surface area contributed by atoms with Crippen LogP contribution in [-0.2, 0) is 17.9 Å². The summed E-state index contributed by atoms with van der Waals surface area (Å²) < 4.78 is 13.6. The number of nitrogens with zero attached hydrogens (tertiary/aromatic N) is 4. The standard InChI is InChI=1S/C23H22ClFN4O/c24-18-6-4-16(5-7-18)14-29-22(30)20-15-27(13-17-2-1-3-19(25)12-17)10-8-21(20)28-11-9-26-23(28)29/h1-7,12H,8-11,13-15H2. The molecule has 0 N–H and O–H groups in total. The molecule has 2 aromatic carbocycles. The van der Waals surface area contributed by atoms with E-state index in [4.69, 9.17) is 11.6 Å². The van der Waals surface area contributed by atoms with Crippen molar-refractivity contribution in [3.63, 3.8) is 0 Å². The second-order valence-corrected chi connectivity index (χ2v) is 8.30. The fraction of sp³-hybridized carbons (Fsp3) is 0.304. The molecule has 0 spiro atoms. The largest absolute Gasteiger partial charge is 0.314 e. The normalized spacial score (nSPS) is 19.1. The molecule has 0 radical (unpaired) electrons. The average Bonchev–Trinajstić information content (AvgIpc) is 3.22. The van der Waals surface area contributed by atoms with Gasteiger partial charge in [0.2, 0.25) is 5.96 Å². The minimum atomic E-state index is -0.231. The van der Waals surface area contributed by atoms with Crippen molar-refractivity contribution in [1.29, 1.82) is 0 Å². The molecular weight excluding hydrogens is 403 g/mol. The smallest absolute Gasteiger partial charge is 0.259 e. The van der Waals surface area contributed by atoms with Crippen LogP contribution in [0.2, 0.25) is 5.02 Å². The zero-order chi connectivity index (χ0) is 20.7. The molecule has 3 heterocycles. The van der Waals surface area contributed by atoms with Gasteiger partial charge in [0.05, 0.1) is 18.7 Å². The average molecular weight is 425 g/mol. The molecule has 30 heavy (non-hydrogen) atoms. The molecule has 3 aliphatic heterocycles. The van der Waals surface area contributed by atoms with Gasteiger partial charge in [-0.3, -0.25) is 19.6 Å². The summed E-state index contributed by atoms with van der Waals surface area (Å²) >= 11 is 6.01. The van der Waals surface area contributed by atoms with Gasteiger partial charge in [-0.15, -0.1) is 0 Å². The lowest BCUT2D eigenvalue weighted by Crippen LogP contribution is -2.53. The number of rotatable bonds is 4. The minimum Gasteiger partial charge on any atom is -0.314 e. The first-order chi connectivity index (χ1) is 14.6. The first-order valence-electron chi connectivity index (χ1n) is 10.2. The van der Waals surface area contributed by atoms with Gasteiger partial charge in [-0.25, -0.2) is 4.39 Å². The maximum Gasteiger partial charge on any atom is 0.259 e. The van der Waals surface area contributed by atoms with Gasteiger partial charge in [0.25, 0.3) is 5.91 Å². The van der Waals surface area contributed by atoms with Crippen molar-refractivity contribution in [2.75, 3.05) is 26.2 Å². The van der Waals surface area contributed by atoms with Crippen LogP contribution in [0.15, 0.2) is 64.8 Å². The first kappa shape index (κ1) is 19.3. The number of amides is 1. The van der Waals surface area contributed by atoms with Gasteiger partial charge in [0, 0.05) is 43.3 Å². The van der Waals surface area contributed by atoms with Crippen LogP contribution in [0.1, 0.15) is 17.5 Å². The topological polar surface area (TPSA) is 39.2 Å². The Kier molecular flexibility index (Phi) is 5.05. The molecular formula is C23H22ClFN4O. The molecule has 0 bridgehead atoms. The highest BCUT2D eigenvalue weighted by molar-refractivity contribution is 6.30. The van der Waals surface area contributed by atoms with E-state index in [0.29, 0.717) is 31.2 Å². The van der Waals surface area contributed by atoms with Crippen molar-refractivity contribution >= 4 is 23.5 Å². The number of carbonyl (C=O) groups is 1. The number of halogens is 2. The Labute approximate surface area is 180 Å². The SMILES string of the molecule is O=C1C2=C(CCN(Cc3cccc(F)c3)C2)N2CCN=C2N1Cc1ccc(Cl)cc1. The van der Waals surface area contributed by atoms with Crippen molar-refractivity contribution in [2.45, 2.75) is 19.5 Å². The van der Waals surface area contributed by atoms with Gasteiger partial charge >= 0.3 is 0 Å². The highest BCUT2D eigenvalue weighted by Gasteiger charge is 2.40. The van der Waals surface area contributed by atoms with Gasteiger partial charge in [-0.05, 0) is 35.4 Å². The third-order valence-corrected chi connectivity index (χ3v) is 6.08. The second-order valence-electron chi connectivity index (χ2n) is 7.87. The van der Waals surface area contributed by atoms with E-state index < -0.39 is 0 Å². The van der Waals surface area contributed by atoms with Gasteiger partial charge in [0.15, 0.2) is 0 Å². The van der Waals surface area contributed by atoms with E-state index in [-0.39, 0.29) is 11.7 Å². The van der Waals surface area contributed by atoms with Crippen molar-refractivity contribution in [3.8, 4) is 0 Å². The quantitative estimate of drug-likeness (QED) is 0.752. The highest BCUT2D eigenvalue weighted by atomic mass is 35.5. The zero-order valence-corrected chi connectivity index (χ0v) is 17.3. The van der Waals surface area contributed by atoms with E-state index in [1.165, 1.54) is 6.07 Å². The molecule has 0 saturated heterocycles. The number of carbonyl (C=O) groups excluding carboxylic acids is 1. The van der Waals surface area contributed by atoms with E-state index in [0.717, 1.165) is 47.9 Å². The maximum absolute atomic E-state index is 13.6. The summed E-state index contributed by atoms with van der Waals surface area (Å²) in [6, 6.07) is 14.2. The van der Waals surface area contributed by atoms with Crippen molar-refractivity contribution < 1.29 is 9.18 Å². The molecule has 0 saturated carbocycles. The predicted octanol–water partition coefficient (Wildman–Crippen LogP) is 3.65. The number of aliphatic imine (C=N–C) groups is 1. The molecule has 0 unspecified atom stereocenters. The second kappa shape index (κ2) is 7.85. The molecule has 2 aromatic rings. The van der Waals surface area contributed by atoms with Crippen LogP contribution in [0.25, 0.3) is 0 Å². The summed E-state index contributed by atoms with van der Waals surface area (Å²) in [6.45, 7) is 3.99. The van der Waals surface area contributed by atoms with Gasteiger partial charge in [0.1, 0.15) is 5.82 Å². The Morgan fingerprint density at radius 2 is 1.87 bits per heavy atom. The number of benzene rings is 2. The lowest BCUT2D eigenvalue weighted by molar-refractivity contribution is -0.125. The monoisotopic (exact) mass is 424 g/mol. The summed E-state index contributed by atoms with van der Waals surface area (Å²) in [7, 11) is 0. The Morgan fingerprint density at radius 3 is 2.67 bits per heavy atom. The van der Waals surface area contributed by atoms with E-state index in [1.54, 1.807) is 17.0 Å². The summed E-state index contributed by atoms with van der Waals surface area (Å²) in [6.07, 6.45) is 0.796. The van der Waals surface area contributed by atoms with Crippen LogP contribution in [0.5, 0.6) is 0 Å². The van der Waals surface area contributed by atoms with Crippen LogP contribution in [0.4, 0.5) is 4.39 Å². The van der Waals surface area contributed by atoms with Crippen LogP contribution in [0.3, 0.4) is 0 Å². The van der Waals surface area contributed by atoms with Crippen LogP contribution in [-0.4, -0.2) is 52.7 Å². The molecule has 0 aliphatic carbocycles. The van der Waals surface area contributed by atoms with Crippen LogP contribution >= 0.6 is 11.6 Å². The molecule has 1 amide bonds. The predicted molar refractivity (Wildman–Crippen MR) is 114 cm³/mol.